The zero-order valence-corrected chi connectivity index (χ0v) is 11.1. The standard InChI is InChI=1S/C13H11IN2O/c14-10-3-1-2-9(8-10)13(17)16-12-6-4-11(15)5-7-12/h1-8H,15H2,(H,16,17). The molecule has 0 aliphatic heterocycles. The molecule has 2 rings (SSSR count). The zero-order valence-electron chi connectivity index (χ0n) is 8.98. The van der Waals surface area contributed by atoms with Gasteiger partial charge >= 0.3 is 0 Å². The van der Waals surface area contributed by atoms with Crippen LogP contribution in [0.3, 0.4) is 0 Å². The van der Waals surface area contributed by atoms with E-state index in [2.05, 4.69) is 27.9 Å². The van der Waals surface area contributed by atoms with Crippen molar-refractivity contribution in [3.63, 3.8) is 0 Å². The van der Waals surface area contributed by atoms with E-state index in [-0.39, 0.29) is 5.91 Å². The second-order valence-electron chi connectivity index (χ2n) is 3.59. The minimum atomic E-state index is -0.117. The number of nitrogens with one attached hydrogen (secondary N) is 1. The molecule has 0 aromatic heterocycles. The lowest BCUT2D eigenvalue weighted by Crippen LogP contribution is -2.11. The van der Waals surface area contributed by atoms with E-state index in [0.29, 0.717) is 11.3 Å². The Labute approximate surface area is 113 Å². The summed E-state index contributed by atoms with van der Waals surface area (Å²) < 4.78 is 1.03. The first-order valence-electron chi connectivity index (χ1n) is 5.07. The molecule has 3 N–H and O–H groups in total. The highest BCUT2D eigenvalue weighted by molar-refractivity contribution is 14.1. The van der Waals surface area contributed by atoms with Gasteiger partial charge in [-0.25, -0.2) is 0 Å². The molecule has 0 saturated carbocycles. The van der Waals surface area contributed by atoms with Crippen molar-refractivity contribution in [3.05, 3.63) is 57.7 Å². The number of carbonyl (C=O) groups is 1. The molecule has 0 saturated heterocycles. The second-order valence-corrected chi connectivity index (χ2v) is 4.83. The summed E-state index contributed by atoms with van der Waals surface area (Å²) in [5.74, 6) is -0.117. The average molecular weight is 338 g/mol. The summed E-state index contributed by atoms with van der Waals surface area (Å²) in [6.45, 7) is 0. The molecule has 86 valence electrons. The van der Waals surface area contributed by atoms with Gasteiger partial charge < -0.3 is 11.1 Å². The SMILES string of the molecule is Nc1ccc(NC(=O)c2cccc(I)c2)cc1. The largest absolute Gasteiger partial charge is 0.399 e. The molecule has 2 aromatic carbocycles. The smallest absolute Gasteiger partial charge is 0.255 e. The summed E-state index contributed by atoms with van der Waals surface area (Å²) in [6, 6.07) is 14.5. The van der Waals surface area contributed by atoms with Gasteiger partial charge in [0.1, 0.15) is 0 Å². The summed E-state index contributed by atoms with van der Waals surface area (Å²) in [5.41, 5.74) is 7.64. The number of halogens is 1. The van der Waals surface area contributed by atoms with Gasteiger partial charge in [-0.2, -0.15) is 0 Å². The number of nitrogens with two attached hydrogens (primary N) is 1. The fraction of sp³-hybridized carbons (Fsp3) is 0. The molecule has 0 atom stereocenters. The quantitative estimate of drug-likeness (QED) is 0.653. The zero-order chi connectivity index (χ0) is 12.3. The van der Waals surface area contributed by atoms with Crippen molar-refractivity contribution in [1.29, 1.82) is 0 Å². The van der Waals surface area contributed by atoms with Crippen LogP contribution in [0.2, 0.25) is 0 Å². The van der Waals surface area contributed by atoms with E-state index in [9.17, 15) is 4.79 Å². The molecule has 17 heavy (non-hydrogen) atoms. The molecule has 0 bridgehead atoms. The number of amides is 1. The predicted octanol–water partition coefficient (Wildman–Crippen LogP) is 3.13. The molecule has 0 heterocycles. The van der Waals surface area contributed by atoms with Crippen LogP contribution in [0.1, 0.15) is 10.4 Å². The minimum absolute atomic E-state index is 0.117. The van der Waals surface area contributed by atoms with E-state index < -0.39 is 0 Å². The molecular weight excluding hydrogens is 327 g/mol. The average Bonchev–Trinajstić information content (AvgIpc) is 2.32. The molecule has 0 aliphatic carbocycles. The monoisotopic (exact) mass is 338 g/mol. The molecule has 0 fully saturated rings. The highest BCUT2D eigenvalue weighted by atomic mass is 127. The lowest BCUT2D eigenvalue weighted by atomic mass is 10.2. The fourth-order valence-electron chi connectivity index (χ4n) is 1.40. The minimum Gasteiger partial charge on any atom is -0.399 e. The topological polar surface area (TPSA) is 55.1 Å². The van der Waals surface area contributed by atoms with Gasteiger partial charge in [-0.05, 0) is 65.1 Å². The van der Waals surface area contributed by atoms with Crippen molar-refractivity contribution in [3.8, 4) is 0 Å². The maximum atomic E-state index is 11.9. The Morgan fingerprint density at radius 3 is 2.47 bits per heavy atom. The van der Waals surface area contributed by atoms with Crippen molar-refractivity contribution in [1.82, 2.24) is 0 Å². The van der Waals surface area contributed by atoms with Gasteiger partial charge in [0.2, 0.25) is 0 Å². The number of rotatable bonds is 2. The maximum Gasteiger partial charge on any atom is 0.255 e. The van der Waals surface area contributed by atoms with Gasteiger partial charge in [0, 0.05) is 20.5 Å². The molecule has 0 spiro atoms. The Kier molecular flexibility index (Phi) is 3.63. The molecule has 3 nitrogen and oxygen atoms in total. The van der Waals surface area contributed by atoms with Gasteiger partial charge in [0.25, 0.3) is 5.91 Å². The molecule has 0 aliphatic rings. The van der Waals surface area contributed by atoms with Crippen molar-refractivity contribution in [2.24, 2.45) is 0 Å². The van der Waals surface area contributed by atoms with Crippen molar-refractivity contribution in [2.45, 2.75) is 0 Å². The van der Waals surface area contributed by atoms with Crippen LogP contribution in [0.5, 0.6) is 0 Å². The summed E-state index contributed by atoms with van der Waals surface area (Å²) in [6.07, 6.45) is 0. The summed E-state index contributed by atoms with van der Waals surface area (Å²) in [5, 5.41) is 2.81. The van der Waals surface area contributed by atoms with Crippen LogP contribution in [-0.2, 0) is 0 Å². The van der Waals surface area contributed by atoms with Crippen LogP contribution < -0.4 is 11.1 Å². The first-order chi connectivity index (χ1) is 8.15. The second kappa shape index (κ2) is 5.18. The van der Waals surface area contributed by atoms with Crippen LogP contribution in [0.4, 0.5) is 11.4 Å². The Bertz CT molecular complexity index is 537. The van der Waals surface area contributed by atoms with Crippen molar-refractivity contribution in [2.75, 3.05) is 11.1 Å². The Morgan fingerprint density at radius 2 is 1.82 bits per heavy atom. The summed E-state index contributed by atoms with van der Waals surface area (Å²) in [4.78, 5) is 11.9. The van der Waals surface area contributed by atoms with E-state index >= 15 is 0 Å². The van der Waals surface area contributed by atoms with Crippen LogP contribution >= 0.6 is 22.6 Å². The summed E-state index contributed by atoms with van der Waals surface area (Å²) in [7, 11) is 0. The lowest BCUT2D eigenvalue weighted by Gasteiger charge is -2.05. The third-order valence-electron chi connectivity index (χ3n) is 2.26. The number of nitrogen functional groups attached to an aromatic ring is 1. The molecule has 2 aromatic rings. The van der Waals surface area contributed by atoms with Crippen LogP contribution in [0, 0.1) is 3.57 Å². The molecule has 1 amide bonds. The summed E-state index contributed by atoms with van der Waals surface area (Å²) >= 11 is 2.18. The normalized spacial score (nSPS) is 9.94. The molecule has 0 unspecified atom stereocenters. The van der Waals surface area contributed by atoms with Gasteiger partial charge in [-0.15, -0.1) is 0 Å². The van der Waals surface area contributed by atoms with E-state index in [1.165, 1.54) is 0 Å². The van der Waals surface area contributed by atoms with E-state index in [4.69, 9.17) is 5.73 Å². The van der Waals surface area contributed by atoms with E-state index in [0.717, 1.165) is 9.26 Å². The van der Waals surface area contributed by atoms with E-state index in [1.54, 1.807) is 30.3 Å². The van der Waals surface area contributed by atoms with Gasteiger partial charge in [-0.3, -0.25) is 4.79 Å². The number of carbonyl (C=O) groups excluding carboxylic acids is 1. The van der Waals surface area contributed by atoms with Crippen LogP contribution in [0.25, 0.3) is 0 Å². The first kappa shape index (κ1) is 11.9. The van der Waals surface area contributed by atoms with Crippen LogP contribution in [0.15, 0.2) is 48.5 Å². The molecule has 4 heteroatoms. The number of benzene rings is 2. The van der Waals surface area contributed by atoms with E-state index in [1.807, 2.05) is 18.2 Å². The Morgan fingerprint density at radius 1 is 1.12 bits per heavy atom. The highest BCUT2D eigenvalue weighted by Gasteiger charge is 2.05. The Hall–Kier alpha value is -1.56. The fourth-order valence-corrected chi connectivity index (χ4v) is 1.94. The van der Waals surface area contributed by atoms with Crippen LogP contribution in [-0.4, -0.2) is 5.91 Å². The van der Waals surface area contributed by atoms with Gasteiger partial charge in [-0.1, -0.05) is 6.07 Å². The predicted molar refractivity (Wildman–Crippen MR) is 78.0 cm³/mol. The maximum absolute atomic E-state index is 11.9. The number of hydrogen-bond donors (Lipinski definition) is 2. The molecule has 0 radical (unpaired) electrons. The lowest BCUT2D eigenvalue weighted by molar-refractivity contribution is 0.102. The Balaban J connectivity index is 2.14. The van der Waals surface area contributed by atoms with Crippen molar-refractivity contribution < 1.29 is 4.79 Å². The van der Waals surface area contributed by atoms with Crippen molar-refractivity contribution >= 4 is 39.9 Å². The van der Waals surface area contributed by atoms with Gasteiger partial charge in [0.05, 0.1) is 0 Å². The van der Waals surface area contributed by atoms with Gasteiger partial charge in [0.15, 0.2) is 0 Å². The highest BCUT2D eigenvalue weighted by Crippen LogP contribution is 2.13. The number of anilines is 2. The first-order valence-corrected chi connectivity index (χ1v) is 6.15. The third-order valence-corrected chi connectivity index (χ3v) is 2.93. The number of hydrogen-bond acceptors (Lipinski definition) is 2. The third kappa shape index (κ3) is 3.20. The molecular formula is C13H11IN2O.